The van der Waals surface area contributed by atoms with Crippen LogP contribution in [0.4, 0.5) is 11.4 Å². The van der Waals surface area contributed by atoms with Crippen LogP contribution in [0, 0.1) is 5.41 Å². The van der Waals surface area contributed by atoms with E-state index in [0.717, 1.165) is 24.5 Å². The largest absolute Gasteiger partial charge is 0.372 e. The van der Waals surface area contributed by atoms with Crippen LogP contribution in [0.25, 0.3) is 0 Å². The third-order valence-corrected chi connectivity index (χ3v) is 3.69. The van der Waals surface area contributed by atoms with E-state index in [2.05, 4.69) is 55.1 Å². The minimum absolute atomic E-state index is 0.259. The molecule has 0 aromatic heterocycles. The first kappa shape index (κ1) is 15.5. The highest BCUT2D eigenvalue weighted by Gasteiger charge is 2.25. The second-order valence-electron chi connectivity index (χ2n) is 5.39. The van der Waals surface area contributed by atoms with Gasteiger partial charge in [0.2, 0.25) is 0 Å². The summed E-state index contributed by atoms with van der Waals surface area (Å²) in [5.41, 5.74) is 6.10. The summed E-state index contributed by atoms with van der Waals surface area (Å²) in [4.78, 5) is 6.90. The molecule has 0 atom stereocenters. The molecule has 5 nitrogen and oxygen atoms in total. The van der Waals surface area contributed by atoms with Gasteiger partial charge in [0.05, 0.1) is 17.9 Å². The van der Waals surface area contributed by atoms with Gasteiger partial charge in [0.15, 0.2) is 5.84 Å². The molecule has 0 unspecified atom stereocenters. The molecule has 1 aliphatic rings. The van der Waals surface area contributed by atoms with Gasteiger partial charge in [0.25, 0.3) is 0 Å². The zero-order valence-corrected chi connectivity index (χ0v) is 13.3. The first-order valence-corrected chi connectivity index (χ1v) is 7.61. The number of rotatable bonds is 5. The highest BCUT2D eigenvalue weighted by Crippen LogP contribution is 2.20. The van der Waals surface area contributed by atoms with E-state index in [-0.39, 0.29) is 6.04 Å². The third-order valence-electron chi connectivity index (χ3n) is 3.69. The van der Waals surface area contributed by atoms with E-state index >= 15 is 0 Å². The van der Waals surface area contributed by atoms with Crippen molar-refractivity contribution >= 4 is 22.9 Å². The number of aliphatic imine (C=N–C) groups is 1. The molecule has 0 radical (unpaired) electrons. The van der Waals surface area contributed by atoms with Gasteiger partial charge in [-0.25, -0.2) is 10.4 Å². The molecule has 0 amide bonds. The van der Waals surface area contributed by atoms with Crippen molar-refractivity contribution < 1.29 is 0 Å². The molecule has 114 valence electrons. The number of nitrogens with one attached hydrogen (secondary N) is 2. The Morgan fingerprint density at radius 3 is 2.33 bits per heavy atom. The predicted molar refractivity (Wildman–Crippen MR) is 89.8 cm³/mol. The first-order chi connectivity index (χ1) is 10.1. The summed E-state index contributed by atoms with van der Waals surface area (Å²) >= 11 is 0. The maximum absolute atomic E-state index is 8.14. The van der Waals surface area contributed by atoms with Crippen molar-refractivity contribution in [1.29, 1.82) is 5.41 Å². The Morgan fingerprint density at radius 2 is 1.86 bits per heavy atom. The van der Waals surface area contributed by atoms with E-state index < -0.39 is 0 Å². The summed E-state index contributed by atoms with van der Waals surface area (Å²) in [5, 5.41) is 9.99. The number of hydrogen-bond acceptors (Lipinski definition) is 4. The van der Waals surface area contributed by atoms with Crippen LogP contribution in [0.5, 0.6) is 0 Å². The number of benzene rings is 1. The van der Waals surface area contributed by atoms with Crippen molar-refractivity contribution in [3.63, 3.8) is 0 Å². The van der Waals surface area contributed by atoms with Crippen LogP contribution in [0.15, 0.2) is 29.3 Å². The zero-order valence-electron chi connectivity index (χ0n) is 13.3. The van der Waals surface area contributed by atoms with E-state index in [1.54, 1.807) is 0 Å². The van der Waals surface area contributed by atoms with E-state index in [1.165, 1.54) is 5.69 Å². The van der Waals surface area contributed by atoms with Crippen LogP contribution in [-0.4, -0.2) is 42.2 Å². The SMILES string of the molecule is CCN(CC)c1ccc(N=C2CNN(C(C)C)C2=N)cc1. The number of anilines is 1. The Kier molecular flexibility index (Phi) is 4.96. The molecule has 2 rings (SSSR count). The molecule has 1 heterocycles. The Morgan fingerprint density at radius 1 is 1.24 bits per heavy atom. The molecule has 1 saturated heterocycles. The van der Waals surface area contributed by atoms with E-state index in [4.69, 9.17) is 5.41 Å². The van der Waals surface area contributed by atoms with Crippen LogP contribution in [0.1, 0.15) is 27.7 Å². The topological polar surface area (TPSA) is 54.7 Å². The molecule has 0 saturated carbocycles. The van der Waals surface area contributed by atoms with Crippen LogP contribution in [-0.2, 0) is 0 Å². The summed E-state index contributed by atoms with van der Waals surface area (Å²) in [6.45, 7) is 11.1. The minimum atomic E-state index is 0.259. The number of amidine groups is 1. The average Bonchev–Trinajstić information content (AvgIpc) is 2.83. The molecular formula is C16H25N5. The summed E-state index contributed by atoms with van der Waals surface area (Å²) in [5.74, 6) is 0.470. The molecule has 5 heteroatoms. The smallest absolute Gasteiger partial charge is 0.158 e. The fourth-order valence-corrected chi connectivity index (χ4v) is 2.48. The van der Waals surface area contributed by atoms with Gasteiger partial charge in [0.1, 0.15) is 0 Å². The van der Waals surface area contributed by atoms with Gasteiger partial charge in [-0.15, -0.1) is 0 Å². The third kappa shape index (κ3) is 3.42. The second kappa shape index (κ2) is 6.72. The summed E-state index contributed by atoms with van der Waals surface area (Å²) in [6, 6.07) is 8.49. The van der Waals surface area contributed by atoms with Crippen LogP contribution in [0.2, 0.25) is 0 Å². The van der Waals surface area contributed by atoms with Crippen molar-refractivity contribution in [1.82, 2.24) is 10.4 Å². The fourth-order valence-electron chi connectivity index (χ4n) is 2.48. The van der Waals surface area contributed by atoms with Crippen molar-refractivity contribution in [2.24, 2.45) is 4.99 Å². The van der Waals surface area contributed by atoms with Gasteiger partial charge >= 0.3 is 0 Å². The van der Waals surface area contributed by atoms with Gasteiger partial charge in [-0.05, 0) is 52.0 Å². The van der Waals surface area contributed by atoms with E-state index in [9.17, 15) is 0 Å². The van der Waals surface area contributed by atoms with E-state index in [0.29, 0.717) is 12.4 Å². The van der Waals surface area contributed by atoms with E-state index in [1.807, 2.05) is 17.1 Å². The molecule has 1 aromatic rings. The Bertz CT molecular complexity index is 514. The minimum Gasteiger partial charge on any atom is -0.372 e. The van der Waals surface area contributed by atoms with Crippen molar-refractivity contribution in [3.05, 3.63) is 24.3 Å². The van der Waals surface area contributed by atoms with Crippen molar-refractivity contribution in [2.45, 2.75) is 33.7 Å². The predicted octanol–water partition coefficient (Wildman–Crippen LogP) is 2.81. The number of nitrogens with zero attached hydrogens (tertiary/aromatic N) is 3. The zero-order chi connectivity index (χ0) is 15.4. The van der Waals surface area contributed by atoms with Crippen molar-refractivity contribution in [2.75, 3.05) is 24.5 Å². The highest BCUT2D eigenvalue weighted by molar-refractivity contribution is 6.42. The molecule has 1 aliphatic heterocycles. The van der Waals surface area contributed by atoms with Gasteiger partial charge in [-0.2, -0.15) is 0 Å². The maximum Gasteiger partial charge on any atom is 0.158 e. The average molecular weight is 287 g/mol. The van der Waals surface area contributed by atoms with Crippen molar-refractivity contribution in [3.8, 4) is 0 Å². The van der Waals surface area contributed by atoms with Crippen LogP contribution >= 0.6 is 0 Å². The molecule has 0 spiro atoms. The van der Waals surface area contributed by atoms with Gasteiger partial charge in [0, 0.05) is 24.8 Å². The molecule has 2 N–H and O–H groups in total. The lowest BCUT2D eigenvalue weighted by Gasteiger charge is -2.21. The standard InChI is InChI=1S/C16H25N5/c1-5-20(6-2)14-9-7-13(8-10-14)19-15-11-18-21(12(3)4)16(15)17/h7-10,12,17-18H,5-6,11H2,1-4H3. The van der Waals surface area contributed by atoms with Gasteiger partial charge in [-0.1, -0.05) is 0 Å². The monoisotopic (exact) mass is 287 g/mol. The molecule has 1 fully saturated rings. The van der Waals surface area contributed by atoms with Crippen LogP contribution < -0.4 is 10.3 Å². The summed E-state index contributed by atoms with van der Waals surface area (Å²) in [7, 11) is 0. The van der Waals surface area contributed by atoms with Gasteiger partial charge in [-0.3, -0.25) is 10.4 Å². The lowest BCUT2D eigenvalue weighted by molar-refractivity contribution is 0.288. The lowest BCUT2D eigenvalue weighted by atomic mass is 10.2. The fraction of sp³-hybridized carbons (Fsp3) is 0.500. The quantitative estimate of drug-likeness (QED) is 0.875. The molecule has 1 aromatic carbocycles. The lowest BCUT2D eigenvalue weighted by Crippen LogP contribution is -2.40. The molecular weight excluding hydrogens is 262 g/mol. The molecule has 0 aliphatic carbocycles. The Hall–Kier alpha value is -1.88. The first-order valence-electron chi connectivity index (χ1n) is 7.61. The molecule has 0 bridgehead atoms. The highest BCUT2D eigenvalue weighted by atomic mass is 15.6. The summed E-state index contributed by atoms with van der Waals surface area (Å²) in [6.07, 6.45) is 0. The van der Waals surface area contributed by atoms with Gasteiger partial charge < -0.3 is 4.90 Å². The number of hydrazine groups is 1. The summed E-state index contributed by atoms with van der Waals surface area (Å²) < 4.78 is 0. The Balaban J connectivity index is 2.13. The maximum atomic E-state index is 8.14. The molecule has 21 heavy (non-hydrogen) atoms. The second-order valence-corrected chi connectivity index (χ2v) is 5.39. The number of hydrogen-bond donors (Lipinski definition) is 2. The Labute approximate surface area is 127 Å². The normalized spacial score (nSPS) is 17.1. The van der Waals surface area contributed by atoms with Crippen LogP contribution in [0.3, 0.4) is 0 Å².